The van der Waals surface area contributed by atoms with Crippen LogP contribution in [0.3, 0.4) is 0 Å². The largest absolute Gasteiger partial charge is 0.256 e. The van der Waals surface area contributed by atoms with E-state index in [0.717, 1.165) is 52.3 Å². The molecule has 8 rings (SSSR count). The first-order valence-corrected chi connectivity index (χ1v) is 16.3. The van der Waals surface area contributed by atoms with Crippen LogP contribution in [0.5, 0.6) is 0 Å². The molecule has 0 unspecified atom stereocenters. The number of rotatable bonds is 6. The van der Waals surface area contributed by atoms with Crippen molar-refractivity contribution in [2.24, 2.45) is 0 Å². The van der Waals surface area contributed by atoms with E-state index in [2.05, 4.69) is 115 Å². The van der Waals surface area contributed by atoms with Crippen molar-refractivity contribution in [3.05, 3.63) is 163 Å². The third-order valence-corrected chi connectivity index (χ3v) is 9.65. The summed E-state index contributed by atoms with van der Waals surface area (Å²) in [5, 5.41) is 1.17. The normalized spacial score (nSPS) is 14.3. The van der Waals surface area contributed by atoms with Gasteiger partial charge >= 0.3 is 0 Å². The number of para-hydroxylation sites is 1. The number of benzene rings is 5. The Labute approximate surface area is 270 Å². The van der Waals surface area contributed by atoms with Crippen LogP contribution in [0.15, 0.2) is 152 Å². The third kappa shape index (κ3) is 5.28. The molecule has 0 N–H and O–H groups in total. The zero-order valence-electron chi connectivity index (χ0n) is 25.8. The summed E-state index contributed by atoms with van der Waals surface area (Å²) in [7, 11) is 0. The molecule has 0 atom stereocenters. The maximum Gasteiger partial charge on any atom is 0.160 e. The van der Waals surface area contributed by atoms with E-state index in [1.165, 1.54) is 46.9 Å². The molecule has 3 nitrogen and oxygen atoms in total. The van der Waals surface area contributed by atoms with Crippen LogP contribution in [0.1, 0.15) is 43.2 Å². The van der Waals surface area contributed by atoms with Gasteiger partial charge in [-0.2, -0.15) is 0 Å². The van der Waals surface area contributed by atoms with Crippen molar-refractivity contribution in [1.29, 1.82) is 0 Å². The average molecular weight is 594 g/mol. The molecule has 5 aromatic carbocycles. The average Bonchev–Trinajstić information content (AvgIpc) is 3.15. The molecule has 1 aliphatic carbocycles. The van der Waals surface area contributed by atoms with Crippen molar-refractivity contribution >= 4 is 10.9 Å². The molecule has 7 aromatic rings. The van der Waals surface area contributed by atoms with Crippen molar-refractivity contribution in [2.45, 2.75) is 37.5 Å². The Bertz CT molecular complexity index is 2030. The molecule has 46 heavy (non-hydrogen) atoms. The lowest BCUT2D eigenvalue weighted by molar-refractivity contribution is 0.346. The van der Waals surface area contributed by atoms with Crippen LogP contribution in [0, 0.1) is 0 Å². The Morgan fingerprint density at radius 3 is 1.67 bits per heavy atom. The minimum Gasteiger partial charge on any atom is -0.256 e. The van der Waals surface area contributed by atoms with Gasteiger partial charge in [-0.1, -0.05) is 153 Å². The van der Waals surface area contributed by atoms with Crippen LogP contribution in [0.2, 0.25) is 0 Å². The van der Waals surface area contributed by atoms with Gasteiger partial charge < -0.3 is 0 Å². The van der Waals surface area contributed by atoms with Crippen LogP contribution < -0.4 is 0 Å². The number of aromatic nitrogens is 3. The van der Waals surface area contributed by atoms with Gasteiger partial charge in [-0.15, -0.1) is 0 Å². The zero-order chi connectivity index (χ0) is 30.8. The van der Waals surface area contributed by atoms with Crippen molar-refractivity contribution in [2.75, 3.05) is 0 Å². The third-order valence-electron chi connectivity index (χ3n) is 9.65. The first-order chi connectivity index (χ1) is 22.8. The molecule has 1 aliphatic rings. The number of hydrogen-bond acceptors (Lipinski definition) is 3. The number of pyridine rings is 1. The van der Waals surface area contributed by atoms with Crippen molar-refractivity contribution in [3.63, 3.8) is 0 Å². The molecule has 0 radical (unpaired) electrons. The molecule has 0 spiro atoms. The van der Waals surface area contributed by atoms with Gasteiger partial charge in [0.1, 0.15) is 0 Å². The van der Waals surface area contributed by atoms with Crippen LogP contribution in [0.25, 0.3) is 55.9 Å². The Balaban J connectivity index is 1.16. The van der Waals surface area contributed by atoms with Gasteiger partial charge in [0.25, 0.3) is 0 Å². The minimum absolute atomic E-state index is 0.00237. The quantitative estimate of drug-likeness (QED) is 0.192. The van der Waals surface area contributed by atoms with Gasteiger partial charge in [0.15, 0.2) is 5.82 Å². The molecule has 0 saturated heterocycles. The maximum atomic E-state index is 5.06. The van der Waals surface area contributed by atoms with E-state index in [1.54, 1.807) is 0 Å². The van der Waals surface area contributed by atoms with Crippen molar-refractivity contribution in [1.82, 2.24) is 15.0 Å². The lowest BCUT2D eigenvalue weighted by atomic mass is 9.65. The lowest BCUT2D eigenvalue weighted by Crippen LogP contribution is -2.30. The fraction of sp³-hybridized carbons (Fsp3) is 0.140. The van der Waals surface area contributed by atoms with E-state index in [-0.39, 0.29) is 5.41 Å². The van der Waals surface area contributed by atoms with E-state index in [4.69, 9.17) is 15.0 Å². The molecular formula is C43H35N3. The van der Waals surface area contributed by atoms with Gasteiger partial charge in [0, 0.05) is 39.3 Å². The first kappa shape index (κ1) is 28.1. The van der Waals surface area contributed by atoms with Gasteiger partial charge in [0.05, 0.1) is 16.9 Å². The summed E-state index contributed by atoms with van der Waals surface area (Å²) in [5.41, 5.74) is 11.3. The van der Waals surface area contributed by atoms with Gasteiger partial charge in [-0.3, -0.25) is 4.98 Å². The Morgan fingerprint density at radius 1 is 0.457 bits per heavy atom. The fourth-order valence-corrected chi connectivity index (χ4v) is 7.23. The summed E-state index contributed by atoms with van der Waals surface area (Å²) < 4.78 is 0. The van der Waals surface area contributed by atoms with Crippen LogP contribution in [0.4, 0.5) is 0 Å². The molecule has 0 amide bonds. The Hall–Kier alpha value is -5.41. The molecule has 0 bridgehead atoms. The molecule has 3 heteroatoms. The van der Waals surface area contributed by atoms with Crippen LogP contribution in [-0.4, -0.2) is 15.0 Å². The predicted octanol–water partition coefficient (Wildman–Crippen LogP) is 10.9. The smallest absolute Gasteiger partial charge is 0.160 e. The molecule has 2 heterocycles. The summed E-state index contributed by atoms with van der Waals surface area (Å²) in [6, 6.07) is 51.8. The fourth-order valence-electron chi connectivity index (χ4n) is 7.23. The topological polar surface area (TPSA) is 38.7 Å². The van der Waals surface area contributed by atoms with E-state index >= 15 is 0 Å². The van der Waals surface area contributed by atoms with Crippen LogP contribution in [-0.2, 0) is 5.41 Å². The highest BCUT2D eigenvalue weighted by atomic mass is 14.9. The summed E-state index contributed by atoms with van der Waals surface area (Å²) in [5.74, 6) is 0.742. The highest BCUT2D eigenvalue weighted by molar-refractivity contribution is 5.93. The molecule has 1 fully saturated rings. The summed E-state index contributed by atoms with van der Waals surface area (Å²) in [6.45, 7) is 0. The predicted molar refractivity (Wildman–Crippen MR) is 189 cm³/mol. The van der Waals surface area contributed by atoms with E-state index in [9.17, 15) is 0 Å². The minimum atomic E-state index is 0.00237. The number of nitrogens with zero attached hydrogens (tertiary/aromatic N) is 3. The summed E-state index contributed by atoms with van der Waals surface area (Å²) >= 11 is 0. The van der Waals surface area contributed by atoms with Gasteiger partial charge in [0.2, 0.25) is 0 Å². The molecule has 0 aliphatic heterocycles. The molecule has 1 saturated carbocycles. The highest BCUT2D eigenvalue weighted by Crippen LogP contribution is 2.46. The van der Waals surface area contributed by atoms with Gasteiger partial charge in [-0.25, -0.2) is 9.97 Å². The molecule has 2 aromatic heterocycles. The summed E-state index contributed by atoms with van der Waals surface area (Å²) in [4.78, 5) is 14.7. The second kappa shape index (κ2) is 12.2. The van der Waals surface area contributed by atoms with Crippen molar-refractivity contribution < 1.29 is 0 Å². The second-order valence-electron chi connectivity index (χ2n) is 12.4. The van der Waals surface area contributed by atoms with E-state index in [1.807, 2.05) is 36.5 Å². The van der Waals surface area contributed by atoms with E-state index < -0.39 is 0 Å². The second-order valence-corrected chi connectivity index (χ2v) is 12.4. The number of hydrogen-bond donors (Lipinski definition) is 0. The monoisotopic (exact) mass is 593 g/mol. The highest BCUT2D eigenvalue weighted by Gasteiger charge is 2.35. The standard InChI is InChI=1S/C43H35N3/c1-4-12-32(13-5-1)39-30-40(46-42(45-39)35-14-6-2-7-15-35)33-21-25-37(26-22-33)43(27-8-3-9-28-43)36-23-19-31(20-24-36)38-18-10-16-34-17-11-29-44-41(34)38/h1-2,4-7,10-26,29-30H,3,8-9,27-28H2. The Morgan fingerprint density at radius 2 is 1.02 bits per heavy atom. The van der Waals surface area contributed by atoms with Crippen LogP contribution >= 0.6 is 0 Å². The van der Waals surface area contributed by atoms with E-state index in [0.29, 0.717) is 0 Å². The van der Waals surface area contributed by atoms with Crippen molar-refractivity contribution in [3.8, 4) is 45.0 Å². The molecular weight excluding hydrogens is 558 g/mol. The lowest BCUT2D eigenvalue weighted by Gasteiger charge is -2.39. The zero-order valence-corrected chi connectivity index (χ0v) is 25.8. The SMILES string of the molecule is c1ccc(-c2cc(-c3ccc(C4(c5ccc(-c6cccc7cccnc67)cc5)CCCCC4)cc3)nc(-c3ccccc3)n2)cc1. The summed E-state index contributed by atoms with van der Waals surface area (Å²) in [6.07, 6.45) is 7.97. The number of fused-ring (bicyclic) bond motifs is 1. The molecule has 222 valence electrons. The maximum absolute atomic E-state index is 5.06. The Kier molecular flexibility index (Phi) is 7.43. The van der Waals surface area contributed by atoms with Gasteiger partial charge in [-0.05, 0) is 41.7 Å². The first-order valence-electron chi connectivity index (χ1n) is 16.3.